The van der Waals surface area contributed by atoms with Crippen molar-refractivity contribution in [2.45, 2.75) is 11.8 Å². The van der Waals surface area contributed by atoms with Crippen molar-refractivity contribution in [3.05, 3.63) is 59.9 Å². The molecule has 0 unspecified atom stereocenters. The van der Waals surface area contributed by atoms with Gasteiger partial charge in [0.1, 0.15) is 12.2 Å². The molecular weight excluding hydrogens is 292 g/mol. The van der Waals surface area contributed by atoms with Crippen LogP contribution in [0.5, 0.6) is 0 Å². The minimum absolute atomic E-state index is 0.0113. The Balaban J connectivity index is 1.83. The van der Waals surface area contributed by atoms with Crippen molar-refractivity contribution in [1.82, 2.24) is 4.98 Å². The smallest absolute Gasteiger partial charge is 0.323 e. The van der Waals surface area contributed by atoms with Crippen LogP contribution in [-0.2, 0) is 10.2 Å². The number of hydrogen-bond acceptors (Lipinski definition) is 4. The van der Waals surface area contributed by atoms with Crippen molar-refractivity contribution in [2.75, 3.05) is 18.0 Å². The van der Waals surface area contributed by atoms with Crippen molar-refractivity contribution in [3.63, 3.8) is 0 Å². The first-order valence-corrected chi connectivity index (χ1v) is 7.65. The Morgan fingerprint density at radius 3 is 2.78 bits per heavy atom. The standard InChI is InChI=1S/C18H16N2O3/c21-15(22)11-20-10-13-9-18(13,12-5-2-1-3-6-12)17(23)16-14(20)7-4-8-19-16/h1-8,13H,9-11H2,(H,21,22)/t13-,18+/m0/s1. The number of ketones is 1. The molecule has 2 atom stereocenters. The molecule has 0 bridgehead atoms. The topological polar surface area (TPSA) is 70.5 Å². The molecule has 1 saturated carbocycles. The van der Waals surface area contributed by atoms with Gasteiger partial charge in [-0.1, -0.05) is 30.3 Å². The molecule has 2 aromatic rings. The molecular formula is C18H16N2O3. The van der Waals surface area contributed by atoms with Crippen molar-refractivity contribution in [3.8, 4) is 0 Å². The highest BCUT2D eigenvalue weighted by Gasteiger charge is 2.63. The van der Waals surface area contributed by atoms with Crippen LogP contribution in [0.2, 0.25) is 0 Å². The van der Waals surface area contributed by atoms with E-state index in [9.17, 15) is 14.7 Å². The second-order valence-electron chi connectivity index (χ2n) is 6.21. The molecule has 23 heavy (non-hydrogen) atoms. The van der Waals surface area contributed by atoms with E-state index in [4.69, 9.17) is 0 Å². The van der Waals surface area contributed by atoms with Gasteiger partial charge in [-0.05, 0) is 30.0 Å². The molecule has 0 radical (unpaired) electrons. The fourth-order valence-electron chi connectivity index (χ4n) is 3.76. The Kier molecular flexibility index (Phi) is 2.98. The summed E-state index contributed by atoms with van der Waals surface area (Å²) in [4.78, 5) is 30.4. The third-order valence-corrected chi connectivity index (χ3v) is 4.91. The van der Waals surface area contributed by atoms with E-state index < -0.39 is 11.4 Å². The zero-order chi connectivity index (χ0) is 16.0. The van der Waals surface area contributed by atoms with E-state index in [1.54, 1.807) is 23.2 Å². The van der Waals surface area contributed by atoms with Gasteiger partial charge in [-0.15, -0.1) is 0 Å². The molecule has 5 heteroatoms. The molecule has 1 aliphatic heterocycles. The molecule has 1 aromatic carbocycles. The second kappa shape index (κ2) is 4.91. The summed E-state index contributed by atoms with van der Waals surface area (Å²) in [6.45, 7) is 0.443. The monoisotopic (exact) mass is 308 g/mol. The van der Waals surface area contributed by atoms with E-state index in [0.717, 1.165) is 12.0 Å². The number of carboxylic acid groups (broad SMARTS) is 1. The fraction of sp³-hybridized carbons (Fsp3) is 0.278. The van der Waals surface area contributed by atoms with Gasteiger partial charge < -0.3 is 10.0 Å². The van der Waals surface area contributed by atoms with Crippen LogP contribution in [0, 0.1) is 5.92 Å². The van der Waals surface area contributed by atoms with Crippen LogP contribution in [0.4, 0.5) is 5.69 Å². The number of aromatic nitrogens is 1. The normalized spacial score (nSPS) is 25.3. The summed E-state index contributed by atoms with van der Waals surface area (Å²) in [7, 11) is 0. The Morgan fingerprint density at radius 1 is 1.26 bits per heavy atom. The van der Waals surface area contributed by atoms with Crippen molar-refractivity contribution in [2.24, 2.45) is 5.92 Å². The number of aliphatic carboxylic acids is 1. The summed E-state index contributed by atoms with van der Waals surface area (Å²) in [6, 6.07) is 13.3. The first-order valence-electron chi connectivity index (χ1n) is 7.65. The second-order valence-corrected chi connectivity index (χ2v) is 6.21. The van der Waals surface area contributed by atoms with E-state index in [0.29, 0.717) is 17.9 Å². The Morgan fingerprint density at radius 2 is 2.04 bits per heavy atom. The van der Waals surface area contributed by atoms with E-state index in [1.807, 2.05) is 30.3 Å². The number of fused-ring (bicyclic) bond motifs is 2. The van der Waals surface area contributed by atoms with Gasteiger partial charge in [-0.25, -0.2) is 0 Å². The number of rotatable bonds is 3. The first kappa shape index (κ1) is 13.9. The molecule has 5 nitrogen and oxygen atoms in total. The predicted octanol–water partition coefficient (Wildman–Crippen LogP) is 2.13. The quantitative estimate of drug-likeness (QED) is 0.940. The predicted molar refractivity (Wildman–Crippen MR) is 84.6 cm³/mol. The van der Waals surface area contributed by atoms with Crippen molar-refractivity contribution < 1.29 is 14.7 Å². The van der Waals surface area contributed by atoms with Gasteiger partial charge in [0.15, 0.2) is 5.78 Å². The number of Topliss-reactive ketones (excluding diaryl/α,β-unsaturated/α-hetero) is 1. The van der Waals surface area contributed by atoms with Gasteiger partial charge >= 0.3 is 5.97 Å². The average Bonchev–Trinajstić information content (AvgIpc) is 3.29. The van der Waals surface area contributed by atoms with Gasteiger partial charge in [0.25, 0.3) is 0 Å². The highest BCUT2D eigenvalue weighted by atomic mass is 16.4. The van der Waals surface area contributed by atoms with Crippen LogP contribution in [0.25, 0.3) is 0 Å². The van der Waals surface area contributed by atoms with Crippen LogP contribution < -0.4 is 4.90 Å². The molecule has 2 heterocycles. The highest BCUT2D eigenvalue weighted by Crippen LogP contribution is 2.58. The lowest BCUT2D eigenvalue weighted by Gasteiger charge is -2.22. The lowest BCUT2D eigenvalue weighted by Crippen LogP contribution is -2.32. The third kappa shape index (κ3) is 2.04. The number of benzene rings is 1. The molecule has 0 spiro atoms. The largest absolute Gasteiger partial charge is 0.480 e. The molecule has 1 aromatic heterocycles. The average molecular weight is 308 g/mol. The summed E-state index contributed by atoms with van der Waals surface area (Å²) in [6.07, 6.45) is 2.35. The van der Waals surface area contributed by atoms with Crippen molar-refractivity contribution in [1.29, 1.82) is 0 Å². The molecule has 116 valence electrons. The van der Waals surface area contributed by atoms with E-state index in [-0.39, 0.29) is 18.2 Å². The summed E-state index contributed by atoms with van der Waals surface area (Å²) in [5.74, 6) is -0.761. The van der Waals surface area contributed by atoms with E-state index in [2.05, 4.69) is 4.98 Å². The zero-order valence-electron chi connectivity index (χ0n) is 12.5. The van der Waals surface area contributed by atoms with Crippen LogP contribution in [0.3, 0.4) is 0 Å². The minimum Gasteiger partial charge on any atom is -0.480 e. The maximum atomic E-state index is 13.2. The molecule has 1 N–H and O–H groups in total. The van der Waals surface area contributed by atoms with E-state index >= 15 is 0 Å². The summed E-state index contributed by atoms with van der Waals surface area (Å²) < 4.78 is 0. The number of hydrogen-bond donors (Lipinski definition) is 1. The number of carbonyl (C=O) groups excluding carboxylic acids is 1. The van der Waals surface area contributed by atoms with Gasteiger partial charge in [-0.3, -0.25) is 14.6 Å². The number of pyridine rings is 1. The molecule has 2 aliphatic rings. The molecule has 0 saturated heterocycles. The lowest BCUT2D eigenvalue weighted by atomic mass is 9.87. The summed E-state index contributed by atoms with van der Waals surface area (Å²) >= 11 is 0. The zero-order valence-corrected chi connectivity index (χ0v) is 12.5. The summed E-state index contributed by atoms with van der Waals surface area (Å²) in [5.41, 5.74) is 1.47. The van der Waals surface area contributed by atoms with Crippen LogP contribution in [0.1, 0.15) is 22.5 Å². The van der Waals surface area contributed by atoms with Gasteiger partial charge in [0.2, 0.25) is 0 Å². The SMILES string of the molecule is O=C(O)CN1C[C@@H]2C[C@]2(c2ccccc2)C(=O)c2ncccc21. The number of carbonyl (C=O) groups is 2. The Hall–Kier alpha value is -2.69. The Labute approximate surface area is 133 Å². The van der Waals surface area contributed by atoms with Crippen molar-refractivity contribution >= 4 is 17.4 Å². The summed E-state index contributed by atoms with van der Waals surface area (Å²) in [5, 5.41) is 9.18. The van der Waals surface area contributed by atoms with Gasteiger partial charge in [-0.2, -0.15) is 0 Å². The van der Waals surface area contributed by atoms with Crippen LogP contribution >= 0.6 is 0 Å². The fourth-order valence-corrected chi connectivity index (χ4v) is 3.76. The number of carboxylic acids is 1. The number of anilines is 1. The third-order valence-electron chi connectivity index (χ3n) is 4.91. The maximum Gasteiger partial charge on any atom is 0.323 e. The van der Waals surface area contributed by atoms with Crippen LogP contribution in [-0.4, -0.2) is 34.9 Å². The number of nitrogens with zero attached hydrogens (tertiary/aromatic N) is 2. The highest BCUT2D eigenvalue weighted by molar-refractivity contribution is 6.10. The van der Waals surface area contributed by atoms with Crippen LogP contribution in [0.15, 0.2) is 48.7 Å². The molecule has 0 amide bonds. The van der Waals surface area contributed by atoms with E-state index in [1.165, 1.54) is 0 Å². The maximum absolute atomic E-state index is 13.2. The molecule has 4 rings (SSSR count). The van der Waals surface area contributed by atoms with Gasteiger partial charge in [0.05, 0.1) is 11.1 Å². The molecule has 1 aliphatic carbocycles. The minimum atomic E-state index is -0.903. The van der Waals surface area contributed by atoms with Gasteiger partial charge in [0, 0.05) is 12.7 Å². The molecule has 1 fully saturated rings. The Bertz CT molecular complexity index is 790. The lowest BCUT2D eigenvalue weighted by molar-refractivity contribution is -0.135. The first-order chi connectivity index (χ1) is 11.1.